The van der Waals surface area contributed by atoms with Crippen molar-refractivity contribution < 1.29 is 0 Å². The highest BCUT2D eigenvalue weighted by Gasteiger charge is 2.24. The molecule has 0 spiro atoms. The van der Waals surface area contributed by atoms with Gasteiger partial charge in [0.05, 0.1) is 5.92 Å². The number of hydrogen-bond donors (Lipinski definition) is 0. The fraction of sp³-hybridized carbons (Fsp3) is 0. The van der Waals surface area contributed by atoms with Crippen LogP contribution >= 0.6 is 34.8 Å². The molecule has 1 radical (unpaired) electrons. The molecule has 0 aromatic heterocycles. The Labute approximate surface area is 145 Å². The van der Waals surface area contributed by atoms with Crippen LogP contribution in [0, 0.1) is 5.92 Å². The molecule has 0 bridgehead atoms. The summed E-state index contributed by atoms with van der Waals surface area (Å²) in [6, 6.07) is 23.1. The van der Waals surface area contributed by atoms with E-state index < -0.39 is 0 Å². The molecule has 0 nitrogen and oxygen atoms in total. The summed E-state index contributed by atoms with van der Waals surface area (Å²) in [4.78, 5) is 0. The van der Waals surface area contributed by atoms with Crippen molar-refractivity contribution in [1.82, 2.24) is 0 Å². The first-order valence-electron chi connectivity index (χ1n) is 6.80. The van der Waals surface area contributed by atoms with Crippen LogP contribution in [0.1, 0.15) is 16.7 Å². The van der Waals surface area contributed by atoms with Crippen molar-refractivity contribution in [1.29, 1.82) is 0 Å². The number of benzene rings is 3. The molecule has 0 unspecified atom stereocenters. The van der Waals surface area contributed by atoms with Crippen LogP contribution in [-0.2, 0) is 0 Å². The smallest absolute Gasteiger partial charge is 0.0674 e. The Kier molecular flexibility index (Phi) is 4.73. The Morgan fingerprint density at radius 1 is 0.455 bits per heavy atom. The molecule has 22 heavy (non-hydrogen) atoms. The van der Waals surface area contributed by atoms with Gasteiger partial charge in [-0.2, -0.15) is 0 Å². The molecular formula is C19H12Cl3. The highest BCUT2D eigenvalue weighted by molar-refractivity contribution is 6.34. The van der Waals surface area contributed by atoms with Crippen LogP contribution in [-0.4, -0.2) is 0 Å². The normalized spacial score (nSPS) is 10.9. The van der Waals surface area contributed by atoms with Gasteiger partial charge >= 0.3 is 0 Å². The molecule has 0 aliphatic heterocycles. The Balaban J connectivity index is 2.27. The van der Waals surface area contributed by atoms with Gasteiger partial charge in [0, 0.05) is 15.1 Å². The van der Waals surface area contributed by atoms with Crippen LogP contribution in [0.25, 0.3) is 0 Å². The molecule has 3 heteroatoms. The molecule has 0 aliphatic carbocycles. The topological polar surface area (TPSA) is 0 Å². The summed E-state index contributed by atoms with van der Waals surface area (Å²) in [5, 5.41) is 1.99. The van der Waals surface area contributed by atoms with Crippen LogP contribution in [0.15, 0.2) is 72.8 Å². The van der Waals surface area contributed by atoms with E-state index in [0.29, 0.717) is 15.1 Å². The van der Waals surface area contributed by atoms with Crippen LogP contribution in [0.2, 0.25) is 15.1 Å². The third kappa shape index (κ3) is 3.01. The van der Waals surface area contributed by atoms with Gasteiger partial charge in [-0.1, -0.05) is 89.4 Å². The van der Waals surface area contributed by atoms with Crippen LogP contribution in [0.5, 0.6) is 0 Å². The lowest BCUT2D eigenvalue weighted by Gasteiger charge is -2.21. The van der Waals surface area contributed by atoms with E-state index >= 15 is 0 Å². The second-order valence-electron chi connectivity index (χ2n) is 4.81. The van der Waals surface area contributed by atoms with Gasteiger partial charge in [-0.15, -0.1) is 0 Å². The average molecular weight is 347 g/mol. The van der Waals surface area contributed by atoms with Gasteiger partial charge < -0.3 is 0 Å². The van der Waals surface area contributed by atoms with Crippen LogP contribution in [0.4, 0.5) is 0 Å². The second kappa shape index (κ2) is 6.75. The van der Waals surface area contributed by atoms with Crippen molar-refractivity contribution in [3.05, 3.63) is 110 Å². The monoisotopic (exact) mass is 345 g/mol. The highest BCUT2D eigenvalue weighted by Crippen LogP contribution is 2.40. The summed E-state index contributed by atoms with van der Waals surface area (Å²) in [6.07, 6.45) is 0. The first-order valence-corrected chi connectivity index (χ1v) is 7.93. The Morgan fingerprint density at radius 2 is 0.727 bits per heavy atom. The van der Waals surface area contributed by atoms with Crippen molar-refractivity contribution in [2.75, 3.05) is 0 Å². The standard InChI is InChI=1S/C19H12Cl3/c20-16-10-4-1-7-13(16)19(14-8-2-5-11-17(14)21)15-9-3-6-12-18(15)22/h1-12H. The Hall–Kier alpha value is -1.47. The van der Waals surface area contributed by atoms with Gasteiger partial charge in [-0.3, -0.25) is 0 Å². The molecule has 3 aromatic carbocycles. The third-order valence-electron chi connectivity index (χ3n) is 3.43. The van der Waals surface area contributed by atoms with E-state index in [0.717, 1.165) is 22.6 Å². The molecule has 0 fully saturated rings. The molecule has 0 N–H and O–H groups in total. The summed E-state index contributed by atoms with van der Waals surface area (Å²) in [6.45, 7) is 0. The molecule has 109 valence electrons. The summed E-state index contributed by atoms with van der Waals surface area (Å²) in [5.41, 5.74) is 2.72. The molecule has 0 saturated heterocycles. The molecule has 3 rings (SSSR count). The van der Waals surface area contributed by atoms with Gasteiger partial charge in [-0.25, -0.2) is 0 Å². The lowest BCUT2D eigenvalue weighted by molar-refractivity contribution is 1.23. The summed E-state index contributed by atoms with van der Waals surface area (Å²) in [7, 11) is 0. The lowest BCUT2D eigenvalue weighted by Crippen LogP contribution is -2.06. The maximum atomic E-state index is 6.42. The molecule has 0 aliphatic rings. The maximum Gasteiger partial charge on any atom is 0.0674 e. The van der Waals surface area contributed by atoms with Crippen molar-refractivity contribution in [2.24, 2.45) is 0 Å². The minimum atomic E-state index is 0.664. The van der Waals surface area contributed by atoms with E-state index in [9.17, 15) is 0 Å². The van der Waals surface area contributed by atoms with Gasteiger partial charge in [0.25, 0.3) is 0 Å². The third-order valence-corrected chi connectivity index (χ3v) is 4.42. The Bertz CT molecular complexity index is 688. The second-order valence-corrected chi connectivity index (χ2v) is 6.04. The van der Waals surface area contributed by atoms with Crippen molar-refractivity contribution >= 4 is 34.8 Å². The van der Waals surface area contributed by atoms with E-state index in [4.69, 9.17) is 34.8 Å². The predicted molar refractivity (Wildman–Crippen MR) is 94.9 cm³/mol. The largest absolute Gasteiger partial charge is 0.0840 e. The SMILES string of the molecule is Clc1ccccc1[C](c1ccccc1Cl)c1ccccc1Cl. The van der Waals surface area contributed by atoms with Gasteiger partial charge in [0.1, 0.15) is 0 Å². The number of halogens is 3. The Morgan fingerprint density at radius 3 is 1.00 bits per heavy atom. The van der Waals surface area contributed by atoms with Gasteiger partial charge in [0.15, 0.2) is 0 Å². The van der Waals surface area contributed by atoms with E-state index in [1.165, 1.54) is 0 Å². The molecule has 0 heterocycles. The van der Waals surface area contributed by atoms with Crippen LogP contribution < -0.4 is 0 Å². The average Bonchev–Trinajstić information content (AvgIpc) is 2.53. The van der Waals surface area contributed by atoms with Gasteiger partial charge in [0.2, 0.25) is 0 Å². The first-order chi connectivity index (χ1) is 10.7. The van der Waals surface area contributed by atoms with E-state index in [1.54, 1.807) is 0 Å². The van der Waals surface area contributed by atoms with E-state index in [1.807, 2.05) is 72.8 Å². The van der Waals surface area contributed by atoms with Gasteiger partial charge in [-0.05, 0) is 34.9 Å². The zero-order chi connectivity index (χ0) is 15.5. The van der Waals surface area contributed by atoms with Crippen molar-refractivity contribution in [3.8, 4) is 0 Å². The van der Waals surface area contributed by atoms with E-state index in [-0.39, 0.29) is 0 Å². The predicted octanol–water partition coefficient (Wildman–Crippen LogP) is 6.67. The first kappa shape index (κ1) is 15.4. The fourth-order valence-electron chi connectivity index (χ4n) is 2.43. The summed E-state index contributed by atoms with van der Waals surface area (Å²) < 4.78 is 0. The molecule has 0 saturated carbocycles. The van der Waals surface area contributed by atoms with Crippen LogP contribution in [0.3, 0.4) is 0 Å². The van der Waals surface area contributed by atoms with E-state index in [2.05, 4.69) is 0 Å². The quantitative estimate of drug-likeness (QED) is 0.465. The number of rotatable bonds is 3. The molecule has 0 amide bonds. The minimum Gasteiger partial charge on any atom is -0.0840 e. The highest BCUT2D eigenvalue weighted by atomic mass is 35.5. The number of hydrogen-bond acceptors (Lipinski definition) is 0. The van der Waals surface area contributed by atoms with Crippen molar-refractivity contribution in [2.45, 2.75) is 0 Å². The lowest BCUT2D eigenvalue weighted by atomic mass is 9.85. The summed E-state index contributed by atoms with van der Waals surface area (Å²) >= 11 is 19.2. The minimum absolute atomic E-state index is 0.664. The molecule has 3 aromatic rings. The summed E-state index contributed by atoms with van der Waals surface area (Å²) in [5.74, 6) is 0.932. The zero-order valence-electron chi connectivity index (χ0n) is 11.6. The maximum absolute atomic E-state index is 6.42. The molecular weight excluding hydrogens is 335 g/mol. The molecule has 0 atom stereocenters. The fourth-order valence-corrected chi connectivity index (χ4v) is 3.12. The zero-order valence-corrected chi connectivity index (χ0v) is 13.8. The van der Waals surface area contributed by atoms with Crippen molar-refractivity contribution in [3.63, 3.8) is 0 Å².